The Hall–Kier alpha value is -1.59. The van der Waals surface area contributed by atoms with E-state index < -0.39 is 0 Å². The van der Waals surface area contributed by atoms with E-state index in [2.05, 4.69) is 56.2 Å². The molecule has 1 aromatic carbocycles. The van der Waals surface area contributed by atoms with E-state index >= 15 is 0 Å². The van der Waals surface area contributed by atoms with Crippen molar-refractivity contribution >= 4 is 34.7 Å². The molecule has 0 radical (unpaired) electrons. The average molecular weight is 324 g/mol. The van der Waals surface area contributed by atoms with Gasteiger partial charge in [-0.2, -0.15) is 4.98 Å². The number of halogens is 2. The van der Waals surface area contributed by atoms with Gasteiger partial charge in [-0.1, -0.05) is 23.7 Å². The Labute approximate surface area is 133 Å². The number of hydrogen-bond donors (Lipinski definition) is 0. The van der Waals surface area contributed by atoms with Gasteiger partial charge in [-0.25, -0.2) is 0 Å². The zero-order valence-electron chi connectivity index (χ0n) is 11.6. The molecule has 0 unspecified atom stereocenters. The quantitative estimate of drug-likeness (QED) is 0.850. The van der Waals surface area contributed by atoms with E-state index in [1.807, 2.05) is 0 Å². The molecule has 7 heteroatoms. The van der Waals surface area contributed by atoms with Crippen LogP contribution in [0.25, 0.3) is 0 Å². The van der Waals surface area contributed by atoms with Crippen molar-refractivity contribution < 1.29 is 0 Å². The van der Waals surface area contributed by atoms with Crippen molar-refractivity contribution in [1.82, 2.24) is 15.2 Å². The van der Waals surface area contributed by atoms with Crippen LogP contribution in [0, 0.1) is 6.92 Å². The first-order chi connectivity index (χ1) is 10.1. The summed E-state index contributed by atoms with van der Waals surface area (Å²) < 4.78 is 0. The van der Waals surface area contributed by atoms with Gasteiger partial charge in [0.1, 0.15) is 0 Å². The van der Waals surface area contributed by atoms with Crippen LogP contribution in [0.2, 0.25) is 10.4 Å². The summed E-state index contributed by atoms with van der Waals surface area (Å²) in [4.78, 5) is 8.62. The van der Waals surface area contributed by atoms with Crippen LogP contribution in [0.4, 0.5) is 11.5 Å². The van der Waals surface area contributed by atoms with Gasteiger partial charge in [-0.05, 0) is 36.2 Å². The summed E-state index contributed by atoms with van der Waals surface area (Å²) in [5, 5.41) is 7.87. The van der Waals surface area contributed by atoms with Crippen molar-refractivity contribution in [2.24, 2.45) is 0 Å². The van der Waals surface area contributed by atoms with Crippen molar-refractivity contribution in [2.45, 2.75) is 6.92 Å². The molecule has 0 spiro atoms. The first-order valence-corrected chi connectivity index (χ1v) is 7.51. The highest BCUT2D eigenvalue weighted by Crippen LogP contribution is 2.24. The Morgan fingerprint density at radius 3 is 2.43 bits per heavy atom. The molecule has 1 aliphatic heterocycles. The van der Waals surface area contributed by atoms with Gasteiger partial charge in [0.2, 0.25) is 5.28 Å². The summed E-state index contributed by atoms with van der Waals surface area (Å²) in [7, 11) is 0. The lowest BCUT2D eigenvalue weighted by atomic mass is 10.2. The SMILES string of the molecule is Cc1cccc(N2CCN(c3nc(Cl)nnc3Cl)CC2)c1. The zero-order chi connectivity index (χ0) is 14.8. The highest BCUT2D eigenvalue weighted by atomic mass is 35.5. The number of anilines is 2. The minimum Gasteiger partial charge on any atom is -0.368 e. The third-order valence-corrected chi connectivity index (χ3v) is 3.95. The maximum atomic E-state index is 6.05. The van der Waals surface area contributed by atoms with E-state index in [0.717, 1.165) is 26.2 Å². The van der Waals surface area contributed by atoms with Crippen molar-refractivity contribution in [3.63, 3.8) is 0 Å². The second-order valence-corrected chi connectivity index (χ2v) is 5.70. The van der Waals surface area contributed by atoms with Crippen LogP contribution in [-0.2, 0) is 0 Å². The van der Waals surface area contributed by atoms with Gasteiger partial charge in [-0.3, -0.25) is 0 Å². The van der Waals surface area contributed by atoms with Crippen molar-refractivity contribution in [3.05, 3.63) is 40.3 Å². The highest BCUT2D eigenvalue weighted by Gasteiger charge is 2.21. The minimum atomic E-state index is 0.121. The summed E-state index contributed by atoms with van der Waals surface area (Å²) in [5.41, 5.74) is 2.52. The molecular formula is C14H15Cl2N5. The van der Waals surface area contributed by atoms with Crippen LogP contribution in [0.3, 0.4) is 0 Å². The first-order valence-electron chi connectivity index (χ1n) is 6.76. The molecule has 0 bridgehead atoms. The van der Waals surface area contributed by atoms with Gasteiger partial charge < -0.3 is 9.80 Å². The number of rotatable bonds is 2. The van der Waals surface area contributed by atoms with E-state index in [0.29, 0.717) is 11.0 Å². The average Bonchev–Trinajstić information content (AvgIpc) is 2.50. The van der Waals surface area contributed by atoms with Crippen LogP contribution in [0.1, 0.15) is 5.56 Å². The molecule has 1 aliphatic rings. The van der Waals surface area contributed by atoms with E-state index in [1.165, 1.54) is 11.3 Å². The standard InChI is InChI=1S/C14H15Cl2N5/c1-10-3-2-4-11(9-10)20-5-7-21(8-6-20)13-12(15)18-19-14(16)17-13/h2-4,9H,5-8H2,1H3. The maximum Gasteiger partial charge on any atom is 0.245 e. The Morgan fingerprint density at radius 2 is 1.71 bits per heavy atom. The molecule has 0 aliphatic carbocycles. The molecule has 3 rings (SSSR count). The smallest absolute Gasteiger partial charge is 0.245 e. The molecule has 0 atom stereocenters. The minimum absolute atomic E-state index is 0.121. The first kappa shape index (κ1) is 14.4. The maximum absolute atomic E-state index is 6.05. The molecule has 21 heavy (non-hydrogen) atoms. The topological polar surface area (TPSA) is 45.2 Å². The van der Waals surface area contributed by atoms with E-state index in [9.17, 15) is 0 Å². The van der Waals surface area contributed by atoms with Crippen molar-refractivity contribution in [1.29, 1.82) is 0 Å². The van der Waals surface area contributed by atoms with Crippen LogP contribution < -0.4 is 9.80 Å². The van der Waals surface area contributed by atoms with Gasteiger partial charge >= 0.3 is 0 Å². The Kier molecular flexibility index (Phi) is 4.12. The van der Waals surface area contributed by atoms with Crippen LogP contribution in [-0.4, -0.2) is 41.4 Å². The molecule has 0 saturated carbocycles. The monoisotopic (exact) mass is 323 g/mol. The fourth-order valence-electron chi connectivity index (χ4n) is 2.49. The molecule has 110 valence electrons. The lowest BCUT2D eigenvalue weighted by molar-refractivity contribution is 0.644. The third kappa shape index (κ3) is 3.19. The van der Waals surface area contributed by atoms with Gasteiger partial charge in [-0.15, -0.1) is 10.2 Å². The third-order valence-electron chi connectivity index (χ3n) is 3.55. The number of aromatic nitrogens is 3. The zero-order valence-corrected chi connectivity index (χ0v) is 13.1. The van der Waals surface area contributed by atoms with Crippen LogP contribution in [0.15, 0.2) is 24.3 Å². The Balaban J connectivity index is 1.72. The Bertz CT molecular complexity index is 641. The fraction of sp³-hybridized carbons (Fsp3) is 0.357. The second kappa shape index (κ2) is 6.03. The van der Waals surface area contributed by atoms with Gasteiger partial charge in [0.25, 0.3) is 0 Å². The number of piperazine rings is 1. The number of nitrogens with zero attached hydrogens (tertiary/aromatic N) is 5. The molecule has 5 nitrogen and oxygen atoms in total. The summed E-state index contributed by atoms with van der Waals surface area (Å²) in [6, 6.07) is 8.53. The normalized spacial score (nSPS) is 15.4. The molecule has 2 aromatic rings. The number of benzene rings is 1. The summed E-state index contributed by atoms with van der Waals surface area (Å²) in [5.74, 6) is 0.612. The fourth-order valence-corrected chi connectivity index (χ4v) is 2.81. The Morgan fingerprint density at radius 1 is 1.00 bits per heavy atom. The van der Waals surface area contributed by atoms with Gasteiger partial charge in [0.05, 0.1) is 0 Å². The summed E-state index contributed by atoms with van der Waals surface area (Å²) >= 11 is 11.9. The second-order valence-electron chi connectivity index (χ2n) is 5.01. The van der Waals surface area contributed by atoms with E-state index in [-0.39, 0.29) is 5.28 Å². The lowest BCUT2D eigenvalue weighted by Crippen LogP contribution is -2.47. The van der Waals surface area contributed by atoms with Gasteiger partial charge in [0, 0.05) is 31.9 Å². The molecule has 2 heterocycles. The molecule has 0 amide bonds. The predicted octanol–water partition coefficient (Wildman–Crippen LogP) is 2.81. The van der Waals surface area contributed by atoms with Crippen molar-refractivity contribution in [3.8, 4) is 0 Å². The summed E-state index contributed by atoms with van der Waals surface area (Å²) in [6.07, 6.45) is 0. The van der Waals surface area contributed by atoms with Crippen molar-refractivity contribution in [2.75, 3.05) is 36.0 Å². The summed E-state index contributed by atoms with van der Waals surface area (Å²) in [6.45, 7) is 5.56. The lowest BCUT2D eigenvalue weighted by Gasteiger charge is -2.36. The van der Waals surface area contributed by atoms with Crippen LogP contribution in [0.5, 0.6) is 0 Å². The van der Waals surface area contributed by atoms with Gasteiger partial charge in [0.15, 0.2) is 11.0 Å². The molecule has 0 N–H and O–H groups in total. The molecule has 1 saturated heterocycles. The highest BCUT2D eigenvalue weighted by molar-refractivity contribution is 6.32. The largest absolute Gasteiger partial charge is 0.368 e. The molecule has 1 aromatic heterocycles. The molecule has 1 fully saturated rings. The van der Waals surface area contributed by atoms with Crippen LogP contribution >= 0.6 is 23.2 Å². The predicted molar refractivity (Wildman–Crippen MR) is 85.5 cm³/mol. The number of hydrogen-bond acceptors (Lipinski definition) is 5. The number of aryl methyl sites for hydroxylation is 1. The van der Waals surface area contributed by atoms with E-state index in [1.54, 1.807) is 0 Å². The molecular weight excluding hydrogens is 309 g/mol. The van der Waals surface area contributed by atoms with E-state index in [4.69, 9.17) is 23.2 Å².